The SMILES string of the molecule is CC(C)(C)CCCCCCCCCCCOP(=O)(O)O. The van der Waals surface area contributed by atoms with Crippen molar-refractivity contribution in [1.82, 2.24) is 0 Å². The first kappa shape index (κ1) is 20.1. The Morgan fingerprint density at radius 3 is 1.60 bits per heavy atom. The van der Waals surface area contributed by atoms with E-state index in [0.29, 0.717) is 5.41 Å². The summed E-state index contributed by atoms with van der Waals surface area (Å²) in [6, 6.07) is 0. The van der Waals surface area contributed by atoms with Gasteiger partial charge in [0.05, 0.1) is 6.61 Å². The lowest BCUT2D eigenvalue weighted by Crippen LogP contribution is -2.03. The first-order valence-electron chi connectivity index (χ1n) is 7.91. The third kappa shape index (κ3) is 18.1. The first-order chi connectivity index (χ1) is 9.21. The molecular weight excluding hydrogens is 275 g/mol. The molecule has 0 aromatic carbocycles. The van der Waals surface area contributed by atoms with E-state index in [1.807, 2.05) is 0 Å². The predicted molar refractivity (Wildman–Crippen MR) is 83.6 cm³/mol. The van der Waals surface area contributed by atoms with Gasteiger partial charge in [-0.2, -0.15) is 0 Å². The average Bonchev–Trinajstić information content (AvgIpc) is 2.27. The minimum Gasteiger partial charge on any atom is -0.303 e. The molecule has 0 atom stereocenters. The van der Waals surface area contributed by atoms with Crippen LogP contribution in [0.25, 0.3) is 0 Å². The monoisotopic (exact) mass is 308 g/mol. The van der Waals surface area contributed by atoms with Gasteiger partial charge in [-0.1, -0.05) is 72.1 Å². The van der Waals surface area contributed by atoms with E-state index in [9.17, 15) is 4.57 Å². The topological polar surface area (TPSA) is 66.8 Å². The van der Waals surface area contributed by atoms with Crippen LogP contribution in [0.1, 0.15) is 85.0 Å². The lowest BCUT2D eigenvalue weighted by atomic mass is 9.89. The average molecular weight is 308 g/mol. The van der Waals surface area contributed by atoms with Crippen molar-refractivity contribution in [2.45, 2.75) is 85.0 Å². The zero-order valence-corrected chi connectivity index (χ0v) is 14.3. The van der Waals surface area contributed by atoms with Gasteiger partial charge < -0.3 is 9.79 Å². The summed E-state index contributed by atoms with van der Waals surface area (Å²) >= 11 is 0. The van der Waals surface area contributed by atoms with E-state index in [2.05, 4.69) is 25.3 Å². The summed E-state index contributed by atoms with van der Waals surface area (Å²) in [6.45, 7) is 7.05. The van der Waals surface area contributed by atoms with E-state index in [1.54, 1.807) is 0 Å². The fourth-order valence-electron chi connectivity index (χ4n) is 2.18. The Morgan fingerprint density at radius 1 is 0.800 bits per heavy atom. The molecule has 2 N–H and O–H groups in total. The van der Waals surface area contributed by atoms with Crippen molar-refractivity contribution in [1.29, 1.82) is 0 Å². The summed E-state index contributed by atoms with van der Waals surface area (Å²) < 4.78 is 14.8. The van der Waals surface area contributed by atoms with Crippen LogP contribution in [0.3, 0.4) is 0 Å². The molecule has 0 aromatic heterocycles. The second-order valence-corrected chi connectivity index (χ2v) is 8.06. The Bertz CT molecular complexity index is 268. The molecule has 0 aromatic rings. The maximum Gasteiger partial charge on any atom is 0.469 e. The summed E-state index contributed by atoms with van der Waals surface area (Å²) in [4.78, 5) is 17.0. The van der Waals surface area contributed by atoms with Crippen LogP contribution in [0.15, 0.2) is 0 Å². The summed E-state index contributed by atoms with van der Waals surface area (Å²) in [5.41, 5.74) is 0.467. The van der Waals surface area contributed by atoms with Crippen LogP contribution in [-0.2, 0) is 9.09 Å². The van der Waals surface area contributed by atoms with Crippen LogP contribution < -0.4 is 0 Å². The predicted octanol–water partition coefficient (Wildman–Crippen LogP) is 5.04. The van der Waals surface area contributed by atoms with Crippen molar-refractivity contribution in [2.75, 3.05) is 6.61 Å². The minimum absolute atomic E-state index is 0.164. The van der Waals surface area contributed by atoms with Gasteiger partial charge in [0.1, 0.15) is 0 Å². The highest BCUT2D eigenvalue weighted by molar-refractivity contribution is 7.46. The van der Waals surface area contributed by atoms with Gasteiger partial charge in [0, 0.05) is 0 Å². The molecule has 0 bridgehead atoms. The molecule has 0 saturated carbocycles. The van der Waals surface area contributed by atoms with Gasteiger partial charge in [0.2, 0.25) is 0 Å². The maximum atomic E-state index is 10.4. The van der Waals surface area contributed by atoms with Crippen LogP contribution in [0.2, 0.25) is 0 Å². The van der Waals surface area contributed by atoms with Gasteiger partial charge >= 0.3 is 7.82 Å². The highest BCUT2D eigenvalue weighted by Gasteiger charge is 2.12. The molecule has 122 valence electrons. The molecule has 20 heavy (non-hydrogen) atoms. The van der Waals surface area contributed by atoms with Gasteiger partial charge in [-0.25, -0.2) is 4.57 Å². The minimum atomic E-state index is -4.25. The highest BCUT2D eigenvalue weighted by atomic mass is 31.2. The molecular formula is C15H33O4P. The van der Waals surface area contributed by atoms with E-state index in [0.717, 1.165) is 19.3 Å². The van der Waals surface area contributed by atoms with Crippen molar-refractivity contribution < 1.29 is 18.9 Å². The van der Waals surface area contributed by atoms with Crippen molar-refractivity contribution >= 4 is 7.82 Å². The molecule has 0 rings (SSSR count). The second-order valence-electron chi connectivity index (χ2n) is 6.82. The standard InChI is InChI=1S/C15H33O4P/c1-15(2,3)13-11-9-7-5-4-6-8-10-12-14-19-20(16,17)18/h4-14H2,1-3H3,(H2,16,17,18). The number of phosphoric ester groups is 1. The Balaban J connectivity index is 3.12. The molecule has 0 saturated heterocycles. The van der Waals surface area contributed by atoms with E-state index in [-0.39, 0.29) is 6.61 Å². The number of unbranched alkanes of at least 4 members (excludes halogenated alkanes) is 8. The van der Waals surface area contributed by atoms with Crippen molar-refractivity contribution in [2.24, 2.45) is 5.41 Å². The first-order valence-corrected chi connectivity index (χ1v) is 9.44. The van der Waals surface area contributed by atoms with Crippen LogP contribution in [0.4, 0.5) is 0 Å². The largest absolute Gasteiger partial charge is 0.469 e. The molecule has 0 radical (unpaired) electrons. The van der Waals surface area contributed by atoms with Gasteiger partial charge in [0.15, 0.2) is 0 Å². The normalized spacial score (nSPS) is 12.8. The van der Waals surface area contributed by atoms with Crippen LogP contribution in [-0.4, -0.2) is 16.4 Å². The van der Waals surface area contributed by atoms with E-state index in [1.165, 1.54) is 44.9 Å². The van der Waals surface area contributed by atoms with Gasteiger partial charge in [-0.3, -0.25) is 4.52 Å². The quantitative estimate of drug-likeness (QED) is 0.391. The fourth-order valence-corrected chi connectivity index (χ4v) is 2.55. The Hall–Kier alpha value is 0.110. The lowest BCUT2D eigenvalue weighted by molar-refractivity contribution is 0.193. The number of hydrogen-bond donors (Lipinski definition) is 2. The van der Waals surface area contributed by atoms with Crippen molar-refractivity contribution in [3.63, 3.8) is 0 Å². The molecule has 0 heterocycles. The zero-order valence-electron chi connectivity index (χ0n) is 13.4. The lowest BCUT2D eigenvalue weighted by Gasteiger charge is -2.17. The molecule has 0 unspecified atom stereocenters. The van der Waals surface area contributed by atoms with Crippen molar-refractivity contribution in [3.05, 3.63) is 0 Å². The van der Waals surface area contributed by atoms with Crippen LogP contribution in [0.5, 0.6) is 0 Å². The molecule has 0 aliphatic heterocycles. The van der Waals surface area contributed by atoms with Gasteiger partial charge in [0.25, 0.3) is 0 Å². The summed E-state index contributed by atoms with van der Waals surface area (Å²) in [5, 5.41) is 0. The summed E-state index contributed by atoms with van der Waals surface area (Å²) in [7, 11) is -4.25. The smallest absolute Gasteiger partial charge is 0.303 e. The molecule has 0 fully saturated rings. The Morgan fingerprint density at radius 2 is 1.20 bits per heavy atom. The fraction of sp³-hybridized carbons (Fsp3) is 1.00. The highest BCUT2D eigenvalue weighted by Crippen LogP contribution is 2.35. The molecule has 0 amide bonds. The molecule has 4 nitrogen and oxygen atoms in total. The number of phosphoric acid groups is 1. The molecule has 0 aliphatic carbocycles. The van der Waals surface area contributed by atoms with E-state index in [4.69, 9.17) is 9.79 Å². The van der Waals surface area contributed by atoms with Gasteiger partial charge in [-0.15, -0.1) is 0 Å². The number of hydrogen-bond acceptors (Lipinski definition) is 2. The Labute approximate surface area is 124 Å². The molecule has 0 aliphatic rings. The van der Waals surface area contributed by atoms with Crippen LogP contribution in [0, 0.1) is 5.41 Å². The van der Waals surface area contributed by atoms with Crippen LogP contribution >= 0.6 is 7.82 Å². The number of rotatable bonds is 12. The maximum absolute atomic E-state index is 10.4. The zero-order chi connectivity index (χ0) is 15.5. The summed E-state index contributed by atoms with van der Waals surface area (Å²) in [5.74, 6) is 0. The Kier molecular flexibility index (Phi) is 10.8. The van der Waals surface area contributed by atoms with Gasteiger partial charge in [-0.05, 0) is 18.3 Å². The third-order valence-corrected chi connectivity index (χ3v) is 3.85. The van der Waals surface area contributed by atoms with E-state index < -0.39 is 7.82 Å². The van der Waals surface area contributed by atoms with E-state index >= 15 is 0 Å². The summed E-state index contributed by atoms with van der Waals surface area (Å²) in [6.07, 6.45) is 12.0. The molecule has 0 spiro atoms. The molecule has 5 heteroatoms. The van der Waals surface area contributed by atoms with Crippen molar-refractivity contribution in [3.8, 4) is 0 Å². The third-order valence-electron chi connectivity index (χ3n) is 3.33. The second kappa shape index (κ2) is 10.8.